The zero-order valence-corrected chi connectivity index (χ0v) is 21.3. The number of nitrogens with one attached hydrogen (secondary N) is 2. The number of hydrogen-bond acceptors (Lipinski definition) is 14. The molecule has 6 N–H and O–H groups in total. The molecule has 1 radical (unpaired) electrons. The Morgan fingerprint density at radius 1 is 0.556 bits per heavy atom. The molecule has 0 unspecified atom stereocenters. The molecule has 0 saturated carbocycles. The van der Waals surface area contributed by atoms with Crippen molar-refractivity contribution in [1.82, 2.24) is 10.6 Å². The molecule has 0 saturated heterocycles. The van der Waals surface area contributed by atoms with Crippen molar-refractivity contribution in [1.29, 1.82) is 0 Å². The normalized spacial score (nSPS) is 11.4. The Kier molecular flexibility index (Phi) is 22.9. The summed E-state index contributed by atoms with van der Waals surface area (Å²) in [6.07, 6.45) is -2.42. The van der Waals surface area contributed by atoms with Gasteiger partial charge in [-0.1, -0.05) is 0 Å². The summed E-state index contributed by atoms with van der Waals surface area (Å²) < 4.78 is 0. The largest absolute Gasteiger partial charge is 3.00 e. The van der Waals surface area contributed by atoms with Gasteiger partial charge in [-0.3, -0.25) is 10.6 Å². The molecule has 197 valence electrons. The molecular weight excluding hydrogens is 555 g/mol. The Morgan fingerprint density at radius 2 is 0.778 bits per heavy atom. The van der Waals surface area contributed by atoms with Gasteiger partial charge in [-0.25, -0.2) is 19.2 Å². The van der Waals surface area contributed by atoms with Crippen LogP contribution in [-0.2, 0) is 55.4 Å². The van der Waals surface area contributed by atoms with Crippen molar-refractivity contribution in [3.05, 3.63) is 0 Å². The Hall–Kier alpha value is -2.80. The molecule has 0 rings (SSSR count). The molecule has 0 aliphatic rings. The van der Waals surface area contributed by atoms with Crippen LogP contribution in [0.25, 0.3) is 0 Å². The summed E-state index contributed by atoms with van der Waals surface area (Å²) >= 11 is 0. The van der Waals surface area contributed by atoms with E-state index in [1.165, 1.54) is 0 Å². The van der Waals surface area contributed by atoms with Crippen molar-refractivity contribution in [2.45, 2.75) is 49.9 Å². The summed E-state index contributed by atoms with van der Waals surface area (Å²) in [5, 5.41) is 78.6. The summed E-state index contributed by atoms with van der Waals surface area (Å²) in [6.45, 7) is 0. The van der Waals surface area contributed by atoms with Crippen LogP contribution in [0, 0.1) is 0 Å². The second kappa shape index (κ2) is 20.4. The van der Waals surface area contributed by atoms with Crippen LogP contribution < -0.4 is 60.6 Å². The second-order valence-corrected chi connectivity index (χ2v) is 6.12. The molecule has 0 aliphatic carbocycles. The Morgan fingerprint density at radius 3 is 0.917 bits per heavy atom. The Labute approximate surface area is 233 Å². The predicted octanol–water partition coefficient (Wildman–Crippen LogP) is -11.5. The average molecular weight is 573 g/mol. The first kappa shape index (κ1) is 40.4. The molecule has 0 aromatic heterocycles. The molecule has 36 heavy (non-hydrogen) atoms. The van der Waals surface area contributed by atoms with E-state index >= 15 is 0 Å². The van der Waals surface area contributed by atoms with Crippen LogP contribution in [0.15, 0.2) is 0 Å². The van der Waals surface area contributed by atoms with E-state index in [0.29, 0.717) is 0 Å². The van der Waals surface area contributed by atoms with Gasteiger partial charge >= 0.3 is 70.5 Å². The number of carbonyl (C=O) groups is 8. The zero-order chi connectivity index (χ0) is 27.2. The first-order chi connectivity index (χ1) is 15.5. The van der Waals surface area contributed by atoms with E-state index < -0.39 is 97.6 Å². The van der Waals surface area contributed by atoms with E-state index in [1.54, 1.807) is 10.6 Å². The van der Waals surface area contributed by atoms with Gasteiger partial charge in [0.15, 0.2) is 0 Å². The van der Waals surface area contributed by atoms with Gasteiger partial charge < -0.3 is 60.0 Å². The van der Waals surface area contributed by atoms with Gasteiger partial charge in [-0.15, -0.1) is 0 Å². The van der Waals surface area contributed by atoms with Crippen molar-refractivity contribution in [3.8, 4) is 0 Å². The number of carboxylic acids is 8. The van der Waals surface area contributed by atoms with Crippen LogP contribution in [-0.4, -0.2) is 92.3 Å². The van der Waals surface area contributed by atoms with Crippen LogP contribution >= 0.6 is 0 Å². The minimum absolute atomic E-state index is 0. The minimum Gasteiger partial charge on any atom is -0.550 e. The molecule has 18 nitrogen and oxygen atoms in total. The van der Waals surface area contributed by atoms with Crippen LogP contribution in [0.4, 0.5) is 0 Å². The maximum atomic E-state index is 10.5. The van der Waals surface area contributed by atoms with Gasteiger partial charge in [-0.05, 0) is 25.7 Å². The van der Waals surface area contributed by atoms with Gasteiger partial charge in [0, 0.05) is 24.0 Å². The van der Waals surface area contributed by atoms with E-state index in [0.717, 1.165) is 0 Å². The molecular formula is C16H18FeN2NaO16. The van der Waals surface area contributed by atoms with Crippen molar-refractivity contribution in [3.63, 3.8) is 0 Å². The van der Waals surface area contributed by atoms with E-state index in [2.05, 4.69) is 0 Å². The zero-order valence-electron chi connectivity index (χ0n) is 18.2. The standard InChI is InChI=1S/2C8H11NO8.Fe.Na/c2*10-4(11)2-1-3(6(12)13)9-5(7(14)15)8(16)17;;/h2*3,5,9H,1-2H2,(H,10,11)(H,12,13)(H,14,15)(H,16,17);;/q;;+3;+1/p-4/t2*3-;;/m00../s1. The Bertz CT molecular complexity index is 728. The van der Waals surface area contributed by atoms with Crippen molar-refractivity contribution < 1.29 is 126 Å². The molecule has 0 bridgehead atoms. The SMILES string of the molecule is O=C([O-])CC[C@H](NC(C(=O)O)C(=O)O)C(=O)[O-].O=C([O-])CC[C@H](NC(C(=O)O)C(=O)O)C(=O)[O-].[Fe+3].[Na+]. The maximum absolute atomic E-state index is 10.5. The molecule has 0 aromatic rings. The minimum atomic E-state index is -2.15. The fraction of sp³-hybridized carbons (Fsp3) is 0.500. The average Bonchev–Trinajstić information content (AvgIpc) is 2.66. The quantitative estimate of drug-likeness (QED) is 0.0737. The van der Waals surface area contributed by atoms with Gasteiger partial charge in [-0.2, -0.15) is 0 Å². The van der Waals surface area contributed by atoms with Gasteiger partial charge in [0.2, 0.25) is 12.1 Å². The number of rotatable bonds is 16. The molecule has 2 atom stereocenters. The fourth-order valence-corrected chi connectivity index (χ4v) is 1.96. The number of aliphatic carboxylic acids is 8. The summed E-state index contributed by atoms with van der Waals surface area (Å²) in [4.78, 5) is 83.0. The van der Waals surface area contributed by atoms with Gasteiger partial charge in [0.05, 0.1) is 11.9 Å². The summed E-state index contributed by atoms with van der Waals surface area (Å²) in [6, 6.07) is -7.71. The molecule has 20 heteroatoms. The molecule has 0 fully saturated rings. The number of hydrogen-bond donors (Lipinski definition) is 6. The van der Waals surface area contributed by atoms with Crippen LogP contribution in [0.2, 0.25) is 0 Å². The van der Waals surface area contributed by atoms with Crippen LogP contribution in [0.5, 0.6) is 0 Å². The van der Waals surface area contributed by atoms with Crippen molar-refractivity contribution in [2.75, 3.05) is 0 Å². The molecule has 0 amide bonds. The van der Waals surface area contributed by atoms with E-state index in [1.807, 2.05) is 0 Å². The van der Waals surface area contributed by atoms with Crippen LogP contribution in [0.3, 0.4) is 0 Å². The molecule has 0 aliphatic heterocycles. The second-order valence-electron chi connectivity index (χ2n) is 6.12. The fourth-order valence-electron chi connectivity index (χ4n) is 1.96. The summed E-state index contributed by atoms with van der Waals surface area (Å²) in [5.41, 5.74) is 0. The number of carboxylic acid groups (broad SMARTS) is 8. The summed E-state index contributed by atoms with van der Waals surface area (Å²) in [5.74, 6) is -13.8. The first-order valence-electron chi connectivity index (χ1n) is 8.75. The monoisotopic (exact) mass is 573 g/mol. The molecule has 0 heterocycles. The van der Waals surface area contributed by atoms with Gasteiger partial charge in [0.25, 0.3) is 0 Å². The third-order valence-corrected chi connectivity index (χ3v) is 3.57. The first-order valence-corrected chi connectivity index (χ1v) is 8.75. The third-order valence-electron chi connectivity index (χ3n) is 3.57. The third kappa shape index (κ3) is 18.5. The smallest absolute Gasteiger partial charge is 0.550 e. The number of carbonyl (C=O) groups excluding carboxylic acids is 4. The van der Waals surface area contributed by atoms with Crippen molar-refractivity contribution in [2.24, 2.45) is 0 Å². The maximum Gasteiger partial charge on any atom is 3.00 e. The van der Waals surface area contributed by atoms with E-state index in [-0.39, 0.29) is 46.6 Å². The van der Waals surface area contributed by atoms with Crippen LogP contribution in [0.1, 0.15) is 25.7 Å². The topological polar surface area (TPSA) is 334 Å². The van der Waals surface area contributed by atoms with Gasteiger partial charge in [0.1, 0.15) is 0 Å². The molecule has 0 spiro atoms. The Balaban J connectivity index is -0.000000269. The molecule has 0 aromatic carbocycles. The van der Waals surface area contributed by atoms with E-state index in [4.69, 9.17) is 20.4 Å². The summed E-state index contributed by atoms with van der Waals surface area (Å²) in [7, 11) is 0. The van der Waals surface area contributed by atoms with E-state index in [9.17, 15) is 58.8 Å². The van der Waals surface area contributed by atoms with Crippen molar-refractivity contribution >= 4 is 47.8 Å². The predicted molar refractivity (Wildman–Crippen MR) is 90.5 cm³/mol.